The monoisotopic (exact) mass is 186 g/mol. The lowest BCUT2D eigenvalue weighted by Gasteiger charge is -2.20. The predicted molar refractivity (Wildman–Crippen MR) is 54.7 cm³/mol. The van der Waals surface area contributed by atoms with Crippen molar-refractivity contribution in [3.63, 3.8) is 0 Å². The van der Waals surface area contributed by atoms with E-state index in [1.807, 2.05) is 6.92 Å². The van der Waals surface area contributed by atoms with Gasteiger partial charge < -0.3 is 15.4 Å². The molecule has 3 nitrogen and oxygen atoms in total. The molecule has 0 radical (unpaired) electrons. The molecule has 13 heavy (non-hydrogen) atoms. The molecule has 0 aromatic rings. The number of nitrogens with two attached hydrogens (primary N) is 1. The number of likely N-dealkylation sites (N-methyl/N-ethyl adjacent to an activating group) is 1. The van der Waals surface area contributed by atoms with Crippen LogP contribution in [-0.2, 0) is 4.74 Å². The van der Waals surface area contributed by atoms with Crippen molar-refractivity contribution in [3.05, 3.63) is 0 Å². The lowest BCUT2D eigenvalue weighted by Crippen LogP contribution is -2.38. The summed E-state index contributed by atoms with van der Waals surface area (Å²) in [5, 5.41) is 0. The van der Waals surface area contributed by atoms with E-state index in [1.54, 1.807) is 0 Å². The zero-order valence-corrected chi connectivity index (χ0v) is 8.83. The number of hydrogen-bond donors (Lipinski definition) is 1. The fourth-order valence-corrected chi connectivity index (χ4v) is 1.49. The molecule has 1 saturated carbocycles. The SMILES string of the molecule is CCOCCN(C)CC(N)C1CC1. The summed E-state index contributed by atoms with van der Waals surface area (Å²) in [5.41, 5.74) is 6.00. The van der Waals surface area contributed by atoms with E-state index in [0.29, 0.717) is 6.04 Å². The van der Waals surface area contributed by atoms with Crippen molar-refractivity contribution in [2.75, 3.05) is 33.4 Å². The Hall–Kier alpha value is -0.120. The quantitative estimate of drug-likeness (QED) is 0.595. The normalized spacial score (nSPS) is 19.4. The van der Waals surface area contributed by atoms with Gasteiger partial charge in [-0.15, -0.1) is 0 Å². The summed E-state index contributed by atoms with van der Waals surface area (Å²) in [6.07, 6.45) is 2.67. The molecular weight excluding hydrogens is 164 g/mol. The molecule has 0 saturated heterocycles. The van der Waals surface area contributed by atoms with E-state index in [9.17, 15) is 0 Å². The Morgan fingerprint density at radius 1 is 1.54 bits per heavy atom. The third-order valence-corrected chi connectivity index (χ3v) is 2.57. The second-order valence-corrected chi connectivity index (χ2v) is 3.96. The van der Waals surface area contributed by atoms with Crippen molar-refractivity contribution >= 4 is 0 Å². The molecule has 1 aliphatic carbocycles. The molecule has 2 N–H and O–H groups in total. The number of ether oxygens (including phenoxy) is 1. The molecule has 1 unspecified atom stereocenters. The number of hydrogen-bond acceptors (Lipinski definition) is 3. The maximum absolute atomic E-state index is 6.00. The van der Waals surface area contributed by atoms with Crippen LogP contribution in [0, 0.1) is 5.92 Å². The van der Waals surface area contributed by atoms with E-state index in [2.05, 4.69) is 11.9 Å². The second-order valence-electron chi connectivity index (χ2n) is 3.96. The zero-order chi connectivity index (χ0) is 9.68. The summed E-state index contributed by atoms with van der Waals surface area (Å²) in [7, 11) is 2.11. The minimum absolute atomic E-state index is 0.381. The summed E-state index contributed by atoms with van der Waals surface area (Å²) in [4.78, 5) is 2.26. The smallest absolute Gasteiger partial charge is 0.0593 e. The first-order chi connectivity index (χ1) is 6.24. The van der Waals surface area contributed by atoms with Gasteiger partial charge in [-0.25, -0.2) is 0 Å². The molecule has 1 atom stereocenters. The first-order valence-corrected chi connectivity index (χ1v) is 5.26. The van der Waals surface area contributed by atoms with Crippen LogP contribution < -0.4 is 5.73 Å². The fraction of sp³-hybridized carbons (Fsp3) is 1.00. The number of rotatable bonds is 7. The van der Waals surface area contributed by atoms with Crippen LogP contribution in [0.25, 0.3) is 0 Å². The van der Waals surface area contributed by atoms with Gasteiger partial charge in [-0.3, -0.25) is 0 Å². The summed E-state index contributed by atoms with van der Waals surface area (Å²) >= 11 is 0. The largest absolute Gasteiger partial charge is 0.380 e. The van der Waals surface area contributed by atoms with E-state index >= 15 is 0 Å². The Morgan fingerprint density at radius 3 is 2.77 bits per heavy atom. The van der Waals surface area contributed by atoms with Gasteiger partial charge in [-0.2, -0.15) is 0 Å². The molecule has 0 aliphatic heterocycles. The zero-order valence-electron chi connectivity index (χ0n) is 8.83. The molecule has 1 aliphatic rings. The topological polar surface area (TPSA) is 38.5 Å². The van der Waals surface area contributed by atoms with E-state index in [1.165, 1.54) is 12.8 Å². The van der Waals surface area contributed by atoms with Crippen LogP contribution >= 0.6 is 0 Å². The number of nitrogens with zero attached hydrogens (tertiary/aromatic N) is 1. The Labute approximate surface area is 81.2 Å². The van der Waals surface area contributed by atoms with Gasteiger partial charge in [0.1, 0.15) is 0 Å². The Kier molecular flexibility index (Phi) is 4.70. The van der Waals surface area contributed by atoms with Crippen molar-refractivity contribution in [1.29, 1.82) is 0 Å². The molecular formula is C10H22N2O. The van der Waals surface area contributed by atoms with Crippen molar-refractivity contribution in [2.24, 2.45) is 11.7 Å². The average Bonchev–Trinajstić information content (AvgIpc) is 2.86. The van der Waals surface area contributed by atoms with Crippen LogP contribution in [0.2, 0.25) is 0 Å². The second kappa shape index (κ2) is 5.58. The van der Waals surface area contributed by atoms with Crippen molar-refractivity contribution < 1.29 is 4.74 Å². The highest BCUT2D eigenvalue weighted by Crippen LogP contribution is 2.31. The molecule has 0 spiro atoms. The van der Waals surface area contributed by atoms with Gasteiger partial charge in [0.15, 0.2) is 0 Å². The van der Waals surface area contributed by atoms with Crippen LogP contribution in [0.5, 0.6) is 0 Å². The third-order valence-electron chi connectivity index (χ3n) is 2.57. The van der Waals surface area contributed by atoms with E-state index in [4.69, 9.17) is 10.5 Å². The predicted octanol–water partition coefficient (Wildman–Crippen LogP) is 0.692. The van der Waals surface area contributed by atoms with Crippen molar-refractivity contribution in [1.82, 2.24) is 4.90 Å². The standard InChI is InChI=1S/C10H22N2O/c1-3-13-7-6-12(2)8-10(11)9-4-5-9/h9-10H,3-8,11H2,1-2H3. The van der Waals surface area contributed by atoms with Gasteiger partial charge >= 0.3 is 0 Å². The highest BCUT2D eigenvalue weighted by Gasteiger charge is 2.28. The molecule has 0 heterocycles. The first-order valence-electron chi connectivity index (χ1n) is 5.26. The molecule has 1 fully saturated rings. The summed E-state index contributed by atoms with van der Waals surface area (Å²) in [6, 6.07) is 0.381. The van der Waals surface area contributed by atoms with E-state index < -0.39 is 0 Å². The molecule has 0 aromatic heterocycles. The summed E-state index contributed by atoms with van der Waals surface area (Å²) in [5.74, 6) is 0.801. The van der Waals surface area contributed by atoms with Crippen LogP contribution in [-0.4, -0.2) is 44.3 Å². The van der Waals surface area contributed by atoms with Crippen LogP contribution in [0.4, 0.5) is 0 Å². The molecule has 0 bridgehead atoms. The highest BCUT2D eigenvalue weighted by molar-refractivity contribution is 4.85. The summed E-state index contributed by atoms with van der Waals surface area (Å²) in [6.45, 7) is 5.66. The maximum atomic E-state index is 6.00. The lowest BCUT2D eigenvalue weighted by molar-refractivity contribution is 0.119. The molecule has 78 valence electrons. The van der Waals surface area contributed by atoms with Gasteiger partial charge in [0, 0.05) is 25.7 Å². The Bertz CT molecular complexity index is 137. The maximum Gasteiger partial charge on any atom is 0.0593 e. The highest BCUT2D eigenvalue weighted by atomic mass is 16.5. The van der Waals surface area contributed by atoms with Crippen molar-refractivity contribution in [3.8, 4) is 0 Å². The molecule has 3 heteroatoms. The first kappa shape index (κ1) is 11.0. The van der Waals surface area contributed by atoms with Gasteiger partial charge in [-0.05, 0) is 32.7 Å². The van der Waals surface area contributed by atoms with Gasteiger partial charge in [0.05, 0.1) is 6.61 Å². The van der Waals surface area contributed by atoms with Crippen LogP contribution in [0.15, 0.2) is 0 Å². The molecule has 0 amide bonds. The van der Waals surface area contributed by atoms with Gasteiger partial charge in [0.25, 0.3) is 0 Å². The minimum Gasteiger partial charge on any atom is -0.380 e. The fourth-order valence-electron chi connectivity index (χ4n) is 1.49. The van der Waals surface area contributed by atoms with Crippen LogP contribution in [0.3, 0.4) is 0 Å². The van der Waals surface area contributed by atoms with E-state index in [0.717, 1.165) is 32.2 Å². The van der Waals surface area contributed by atoms with Crippen molar-refractivity contribution in [2.45, 2.75) is 25.8 Å². The average molecular weight is 186 g/mol. The Morgan fingerprint density at radius 2 is 2.23 bits per heavy atom. The van der Waals surface area contributed by atoms with Gasteiger partial charge in [-0.1, -0.05) is 0 Å². The van der Waals surface area contributed by atoms with Gasteiger partial charge in [0.2, 0.25) is 0 Å². The lowest BCUT2D eigenvalue weighted by atomic mass is 10.2. The summed E-state index contributed by atoms with van der Waals surface area (Å²) < 4.78 is 5.28. The minimum atomic E-state index is 0.381. The molecule has 0 aromatic carbocycles. The van der Waals surface area contributed by atoms with E-state index in [-0.39, 0.29) is 0 Å². The van der Waals surface area contributed by atoms with Crippen LogP contribution in [0.1, 0.15) is 19.8 Å². The third kappa shape index (κ3) is 4.60. The molecule has 1 rings (SSSR count). The Balaban J connectivity index is 1.98.